The Hall–Kier alpha value is -11.5. The number of carbonyl (C=O) groups is 4. The highest BCUT2D eigenvalue weighted by molar-refractivity contribution is 6.12. The second kappa shape index (κ2) is 44.4. The molecule has 4 fully saturated rings. The number of benzene rings is 4. The number of aromatic nitrogens is 8. The van der Waals surface area contributed by atoms with Crippen LogP contribution < -0.4 is 22.2 Å². The number of halogens is 12. The molecular weight excluding hydrogens is 1870 g/mol. The standard InChI is InChI=1S/4C28H34F3N3O2/c4*1-16-14-17(2)32-27(36)21(16)10-11-24(35)26-19(4)34(23-9-7-6-8-22(23)26)18(3)20-12-13-33(5)25(15-20)28(29,30)31/h4*6-9,14,18,20,25H,10-13,15H2,1-5H3,(H,32,36)/t2*18-,20+,25-;2*18-,20-,25+/m1010/s1. The van der Waals surface area contributed by atoms with Gasteiger partial charge < -0.3 is 38.2 Å². The number of para-hydroxylation sites is 4. The van der Waals surface area contributed by atoms with Crippen LogP contribution in [0, 0.1) is 107 Å². The Morgan fingerprint density at radius 1 is 0.299 bits per heavy atom. The van der Waals surface area contributed by atoms with Crippen molar-refractivity contribution in [2.45, 2.75) is 287 Å². The highest BCUT2D eigenvalue weighted by Gasteiger charge is 2.51. The summed E-state index contributed by atoms with van der Waals surface area (Å²) in [4.78, 5) is 120. The largest absolute Gasteiger partial charge is 0.404 e. The lowest BCUT2D eigenvalue weighted by Gasteiger charge is -2.40. The zero-order valence-electron chi connectivity index (χ0n) is 86.0. The minimum atomic E-state index is -4.27. The Morgan fingerprint density at radius 2 is 0.472 bits per heavy atom. The zero-order valence-corrected chi connectivity index (χ0v) is 86.0. The van der Waals surface area contributed by atoms with Crippen molar-refractivity contribution in [3.63, 3.8) is 0 Å². The number of nitrogens with zero attached hydrogens (tertiary/aromatic N) is 8. The van der Waals surface area contributed by atoms with Crippen LogP contribution in [0.15, 0.2) is 141 Å². The molecule has 32 heteroatoms. The van der Waals surface area contributed by atoms with Gasteiger partial charge in [-0.2, -0.15) is 52.7 Å². The molecule has 4 aliphatic rings. The third-order valence-electron chi connectivity index (χ3n) is 31.6. The normalized spacial score (nSPS) is 20.1. The average Bonchev–Trinajstić information content (AvgIpc) is 1.61. The highest BCUT2D eigenvalue weighted by Crippen LogP contribution is 2.48. The van der Waals surface area contributed by atoms with Crippen molar-refractivity contribution in [1.29, 1.82) is 0 Å². The Balaban J connectivity index is 0.000000161. The van der Waals surface area contributed by atoms with E-state index in [1.165, 1.54) is 47.8 Å². The number of fused-ring (bicyclic) bond motifs is 4. The van der Waals surface area contributed by atoms with Crippen LogP contribution in [-0.2, 0) is 25.7 Å². The summed E-state index contributed by atoms with van der Waals surface area (Å²) < 4.78 is 172. The van der Waals surface area contributed by atoms with E-state index in [9.17, 15) is 91.0 Å². The third kappa shape index (κ3) is 23.6. The van der Waals surface area contributed by atoms with Gasteiger partial charge in [0.15, 0.2) is 23.1 Å². The van der Waals surface area contributed by atoms with Crippen LogP contribution in [0.2, 0.25) is 0 Å². The molecule has 0 amide bonds. The number of Topliss-reactive ketones (excluding diaryl/α,β-unsaturated/α-hetero) is 4. The summed E-state index contributed by atoms with van der Waals surface area (Å²) in [6.45, 7) is 31.7. The summed E-state index contributed by atoms with van der Waals surface area (Å²) >= 11 is 0. The number of rotatable bonds is 24. The summed E-state index contributed by atoms with van der Waals surface area (Å²) in [5.74, 6) is -0.927. The molecule has 4 N–H and O–H groups in total. The van der Waals surface area contributed by atoms with E-state index in [1.54, 1.807) is 0 Å². The number of H-pyrrole nitrogens is 4. The summed E-state index contributed by atoms with van der Waals surface area (Å²) in [6.07, 6.45) is -12.3. The molecule has 776 valence electrons. The Bertz CT molecular complexity index is 6180. The zero-order chi connectivity index (χ0) is 105. The van der Waals surface area contributed by atoms with Crippen LogP contribution >= 0.6 is 0 Å². The van der Waals surface area contributed by atoms with Gasteiger partial charge in [0.25, 0.3) is 22.2 Å². The van der Waals surface area contributed by atoms with Gasteiger partial charge in [0.05, 0.1) is 0 Å². The quantitative estimate of drug-likeness (QED) is 0.0327. The number of aromatic amines is 4. The number of piperidine rings is 4. The first-order valence-corrected chi connectivity index (χ1v) is 50.0. The van der Waals surface area contributed by atoms with Crippen molar-refractivity contribution in [2.75, 3.05) is 54.4 Å². The van der Waals surface area contributed by atoms with Crippen molar-refractivity contribution >= 4 is 66.7 Å². The van der Waals surface area contributed by atoms with E-state index in [-0.39, 0.29) is 145 Å². The molecule has 0 saturated carbocycles. The molecule has 12 aromatic rings. The third-order valence-corrected chi connectivity index (χ3v) is 31.6. The highest BCUT2D eigenvalue weighted by atomic mass is 19.4. The van der Waals surface area contributed by atoms with Crippen LogP contribution in [0.5, 0.6) is 0 Å². The number of hydrogen-bond donors (Lipinski definition) is 4. The van der Waals surface area contributed by atoms with Gasteiger partial charge in [-0.05, 0) is 337 Å². The molecule has 20 nitrogen and oxygen atoms in total. The van der Waals surface area contributed by atoms with Gasteiger partial charge in [0.2, 0.25) is 0 Å². The molecule has 4 aliphatic heterocycles. The predicted molar refractivity (Wildman–Crippen MR) is 543 cm³/mol. The fraction of sp³-hybridized carbons (Fsp3) is 0.500. The Morgan fingerprint density at radius 3 is 0.639 bits per heavy atom. The molecule has 8 aromatic heterocycles. The first-order chi connectivity index (χ1) is 67.6. The lowest BCUT2D eigenvalue weighted by Crippen LogP contribution is -2.49. The van der Waals surface area contributed by atoms with Gasteiger partial charge in [-0.15, -0.1) is 0 Å². The molecule has 16 rings (SSSR count). The van der Waals surface area contributed by atoms with E-state index in [0.29, 0.717) is 122 Å². The molecule has 12 heterocycles. The average molecular weight is 2010 g/mol. The molecule has 0 spiro atoms. The molecular formula is C112H136F12N12O8. The van der Waals surface area contributed by atoms with Crippen molar-refractivity contribution in [3.05, 3.63) is 275 Å². The minimum absolute atomic E-state index is 0.0336. The Labute approximate surface area is 831 Å². The van der Waals surface area contributed by atoms with Gasteiger partial charge >= 0.3 is 24.7 Å². The number of ketones is 4. The van der Waals surface area contributed by atoms with Crippen molar-refractivity contribution in [1.82, 2.24) is 57.8 Å². The van der Waals surface area contributed by atoms with Gasteiger partial charge in [-0.3, -0.25) is 58.0 Å². The number of hydrogen-bond acceptors (Lipinski definition) is 12. The number of likely N-dealkylation sites (tertiary alicyclic amines) is 4. The Kier molecular flexibility index (Phi) is 33.9. The topological polar surface area (TPSA) is 232 Å². The fourth-order valence-electron chi connectivity index (χ4n) is 23.9. The molecule has 4 aromatic carbocycles. The monoisotopic (exact) mass is 2010 g/mol. The van der Waals surface area contributed by atoms with E-state index in [0.717, 1.165) is 111 Å². The summed E-state index contributed by atoms with van der Waals surface area (Å²) in [5.41, 5.74) is 17.2. The van der Waals surface area contributed by atoms with Crippen molar-refractivity contribution < 1.29 is 71.9 Å². The van der Waals surface area contributed by atoms with Gasteiger partial charge in [-0.1, -0.05) is 72.8 Å². The van der Waals surface area contributed by atoms with Crippen molar-refractivity contribution in [2.24, 2.45) is 23.7 Å². The molecule has 4 saturated heterocycles. The molecule has 0 bridgehead atoms. The SMILES string of the molecule is Cc1cc(C)c(CCC(=O)c2c(C)n([C@@H](C)[C@@H]3CCN(C)[C@H](C(F)(F)F)C3)c3ccccc23)c(=O)[nH]1.Cc1cc(C)c(CCC(=O)c2c(C)n([C@@H](C)[C@H]3CCN(C)[C@@H](C(F)(F)F)C3)c3ccccc23)c(=O)[nH]1.Cc1cc(C)c(CCC(=O)c2c(C)n([C@H](C)[C@@H]3CCN(C)[C@H](C(F)(F)F)C3)c3ccccc23)c(=O)[nH]1.Cc1cc(C)c(CCC(=O)c2c(C)n([C@H](C)[C@H]3CCN(C)[C@@H](C(F)(F)F)C3)c3ccccc23)c(=O)[nH]1. The molecule has 0 radical (unpaired) electrons. The number of nitrogens with one attached hydrogen (secondary N) is 4. The maximum absolute atomic E-state index is 13.7. The van der Waals surface area contributed by atoms with E-state index in [1.807, 2.05) is 232 Å². The second-order valence-corrected chi connectivity index (χ2v) is 41.1. The van der Waals surface area contributed by atoms with E-state index >= 15 is 0 Å². The number of alkyl halides is 12. The van der Waals surface area contributed by atoms with Gasteiger partial charge in [-0.25, -0.2) is 0 Å². The van der Waals surface area contributed by atoms with E-state index < -0.39 is 48.9 Å². The van der Waals surface area contributed by atoms with Crippen LogP contribution in [0.4, 0.5) is 52.7 Å². The van der Waals surface area contributed by atoms with E-state index in [2.05, 4.69) is 38.2 Å². The van der Waals surface area contributed by atoms with Gasteiger partial charge in [0, 0.05) is 184 Å². The number of carbonyl (C=O) groups excluding carboxylic acids is 4. The minimum Gasteiger partial charge on any atom is -0.341 e. The summed E-state index contributed by atoms with van der Waals surface area (Å²) in [7, 11) is 6.14. The molecule has 144 heavy (non-hydrogen) atoms. The van der Waals surface area contributed by atoms with Gasteiger partial charge in [0.1, 0.15) is 24.2 Å². The number of aryl methyl sites for hydroxylation is 8. The number of pyridine rings is 4. The van der Waals surface area contributed by atoms with E-state index in [4.69, 9.17) is 0 Å². The first-order valence-electron chi connectivity index (χ1n) is 50.0. The predicted octanol–water partition coefficient (Wildman–Crippen LogP) is 23.6. The lowest BCUT2D eigenvalue weighted by atomic mass is 9.85. The molecule has 0 aliphatic carbocycles. The van der Waals surface area contributed by atoms with Crippen LogP contribution in [0.1, 0.15) is 260 Å². The van der Waals surface area contributed by atoms with Crippen LogP contribution in [-0.4, -0.2) is 184 Å². The van der Waals surface area contributed by atoms with Crippen molar-refractivity contribution in [3.8, 4) is 0 Å². The summed E-state index contributed by atoms with van der Waals surface area (Å²) in [6, 6.07) is 31.3. The first kappa shape index (κ1) is 110. The summed E-state index contributed by atoms with van der Waals surface area (Å²) in [5, 5.41) is 3.23. The second-order valence-electron chi connectivity index (χ2n) is 41.1. The maximum atomic E-state index is 13.7. The fourth-order valence-corrected chi connectivity index (χ4v) is 23.9. The molecule has 0 unspecified atom stereocenters. The van der Waals surface area contributed by atoms with Crippen LogP contribution in [0.3, 0.4) is 0 Å². The lowest BCUT2D eigenvalue weighted by molar-refractivity contribution is -0.193. The molecule has 12 atom stereocenters. The smallest absolute Gasteiger partial charge is 0.341 e. The maximum Gasteiger partial charge on any atom is 0.404 e. The van der Waals surface area contributed by atoms with Crippen LogP contribution in [0.25, 0.3) is 43.6 Å².